The molecule has 1 aliphatic heterocycles. The van der Waals surface area contributed by atoms with E-state index in [1.54, 1.807) is 0 Å². The third-order valence-electron chi connectivity index (χ3n) is 7.56. The monoisotopic (exact) mass is 768 g/mol. The van der Waals surface area contributed by atoms with Gasteiger partial charge in [0.2, 0.25) is 17.5 Å². The highest BCUT2D eigenvalue weighted by Gasteiger charge is 2.46. The summed E-state index contributed by atoms with van der Waals surface area (Å²) in [4.78, 5) is 12.5. The summed E-state index contributed by atoms with van der Waals surface area (Å²) < 4.78 is 228. The molecule has 1 unspecified atom stereocenters. The van der Waals surface area contributed by atoms with Crippen LogP contribution in [0, 0.1) is 87.3 Å². The molecule has 0 aromatic heterocycles. The molecule has 1 heterocycles. The van der Waals surface area contributed by atoms with Gasteiger partial charge < -0.3 is 9.84 Å². The molecular formula is C32H19F15O3S. The van der Waals surface area contributed by atoms with Gasteiger partial charge in [-0.3, -0.25) is 4.79 Å². The highest BCUT2D eigenvalue weighted by atomic mass is 32.2. The Morgan fingerprint density at radius 2 is 0.843 bits per heavy atom. The normalized spacial score (nSPS) is 14.9. The van der Waals surface area contributed by atoms with Crippen molar-refractivity contribution in [2.24, 2.45) is 0 Å². The van der Waals surface area contributed by atoms with Crippen LogP contribution in [0.2, 0.25) is 0 Å². The number of benzene rings is 3. The second-order valence-electron chi connectivity index (χ2n) is 10.7. The van der Waals surface area contributed by atoms with E-state index in [9.17, 15) is 49.4 Å². The molecular weight excluding hydrogens is 749 g/mol. The summed E-state index contributed by atoms with van der Waals surface area (Å²) in [5, 5.41) is 5.73. The number of carboxylic acid groups (broad SMARTS) is 1. The van der Waals surface area contributed by atoms with Crippen LogP contribution >= 0.6 is 11.8 Å². The maximum atomic E-state index is 15.6. The Balaban J connectivity index is 2.30. The van der Waals surface area contributed by atoms with Gasteiger partial charge >= 0.3 is 5.97 Å². The van der Waals surface area contributed by atoms with Gasteiger partial charge in [-0.05, 0) is 12.0 Å². The summed E-state index contributed by atoms with van der Waals surface area (Å²) in [5.74, 6) is -46.0. The maximum Gasteiger partial charge on any atom is 0.321 e. The number of hydrogen-bond donors (Lipinski definition) is 1. The highest BCUT2D eigenvalue weighted by molar-refractivity contribution is 8.04. The van der Waals surface area contributed by atoms with E-state index in [-0.39, 0.29) is 6.42 Å². The van der Waals surface area contributed by atoms with E-state index in [0.29, 0.717) is 19.3 Å². The summed E-state index contributed by atoms with van der Waals surface area (Å²) in [6, 6.07) is 0. The fourth-order valence-corrected chi connectivity index (χ4v) is 6.29. The number of aliphatic carboxylic acids is 1. The van der Waals surface area contributed by atoms with Gasteiger partial charge in [0.25, 0.3) is 0 Å². The minimum absolute atomic E-state index is 0.0258. The Morgan fingerprint density at radius 3 is 1.24 bits per heavy atom. The second-order valence-corrected chi connectivity index (χ2v) is 11.8. The molecule has 4 rings (SSSR count). The van der Waals surface area contributed by atoms with Crippen LogP contribution in [0.3, 0.4) is 0 Å². The zero-order valence-electron chi connectivity index (χ0n) is 25.4. The molecule has 0 fully saturated rings. The molecule has 0 saturated carbocycles. The van der Waals surface area contributed by atoms with Gasteiger partial charge in [-0.15, -0.1) is 0 Å². The van der Waals surface area contributed by atoms with E-state index in [2.05, 4.69) is 0 Å². The Labute approximate surface area is 281 Å². The average Bonchev–Trinajstić information content (AvgIpc) is 3.10. The molecule has 0 saturated heterocycles. The van der Waals surface area contributed by atoms with Crippen molar-refractivity contribution in [1.82, 2.24) is 0 Å². The van der Waals surface area contributed by atoms with Crippen LogP contribution in [0.5, 0.6) is 0 Å². The number of ether oxygens (including phenoxy) is 1. The number of allylic oxidation sites excluding steroid dienone is 2. The number of carbonyl (C=O) groups is 1. The Bertz CT molecular complexity index is 1910. The number of hydrogen-bond acceptors (Lipinski definition) is 3. The Hall–Kier alpha value is -4.29. The van der Waals surface area contributed by atoms with Gasteiger partial charge in [0, 0.05) is 11.1 Å². The third kappa shape index (κ3) is 6.87. The third-order valence-corrected chi connectivity index (χ3v) is 8.77. The minimum atomic E-state index is -2.98. The molecule has 0 bridgehead atoms. The molecule has 1 N–H and O–H groups in total. The van der Waals surface area contributed by atoms with E-state index in [1.165, 1.54) is 0 Å². The molecule has 276 valence electrons. The number of unbranched alkanes of at least 4 members (excludes halogenated alkanes) is 5. The predicted octanol–water partition coefficient (Wildman–Crippen LogP) is 10.6. The van der Waals surface area contributed by atoms with Crippen molar-refractivity contribution in [3.05, 3.63) is 109 Å². The van der Waals surface area contributed by atoms with Crippen molar-refractivity contribution in [2.45, 2.75) is 50.7 Å². The summed E-state index contributed by atoms with van der Waals surface area (Å²) >= 11 is -0.445. The molecule has 0 radical (unpaired) electrons. The number of carboxylic acids is 1. The van der Waals surface area contributed by atoms with Crippen molar-refractivity contribution in [3.8, 4) is 0 Å². The molecule has 0 amide bonds. The van der Waals surface area contributed by atoms with E-state index < -0.39 is 155 Å². The van der Waals surface area contributed by atoms with E-state index in [0.717, 1.165) is 12.8 Å². The summed E-state index contributed by atoms with van der Waals surface area (Å²) in [7, 11) is 0. The quantitative estimate of drug-likeness (QED) is 0.0863. The van der Waals surface area contributed by atoms with Crippen molar-refractivity contribution in [2.75, 3.05) is 6.61 Å². The second kappa shape index (κ2) is 15.5. The van der Waals surface area contributed by atoms with Crippen LogP contribution < -0.4 is 0 Å². The van der Waals surface area contributed by atoms with Crippen LogP contribution in [-0.2, 0) is 9.53 Å². The first kappa shape index (κ1) is 39.5. The van der Waals surface area contributed by atoms with Gasteiger partial charge in [0.05, 0.1) is 23.3 Å². The number of rotatable bonds is 12. The molecule has 0 spiro atoms. The van der Waals surface area contributed by atoms with E-state index in [4.69, 9.17) is 4.74 Å². The highest BCUT2D eigenvalue weighted by Crippen LogP contribution is 2.55. The molecule has 0 aliphatic carbocycles. The van der Waals surface area contributed by atoms with Crippen molar-refractivity contribution in [1.29, 1.82) is 0 Å². The largest absolute Gasteiger partial charge is 0.487 e. The lowest BCUT2D eigenvalue weighted by Crippen LogP contribution is -2.27. The van der Waals surface area contributed by atoms with Crippen molar-refractivity contribution in [3.63, 3.8) is 0 Å². The first-order chi connectivity index (χ1) is 23.9. The van der Waals surface area contributed by atoms with Crippen LogP contribution in [0.1, 0.15) is 62.1 Å². The first-order valence-electron chi connectivity index (χ1n) is 14.5. The van der Waals surface area contributed by atoms with Crippen molar-refractivity contribution < 1.29 is 80.5 Å². The summed E-state index contributed by atoms with van der Waals surface area (Å²) in [6.07, 6.45) is 3.09. The lowest BCUT2D eigenvalue weighted by molar-refractivity contribution is -0.135. The van der Waals surface area contributed by atoms with E-state index in [1.807, 2.05) is 6.92 Å². The molecule has 3 nitrogen and oxygen atoms in total. The minimum Gasteiger partial charge on any atom is -0.487 e. The Morgan fingerprint density at radius 1 is 0.510 bits per heavy atom. The zero-order valence-corrected chi connectivity index (χ0v) is 26.2. The standard InChI is InChI=1S/C32H19F15O3S/c1-2-3-4-5-6-7-8-50-32-11(14-19(37)25(43)29(47)26(44)20(14)38)9(12-15(33)21(39)27(45)22(40)16(12)34)10(30(51-32)31(48)49)13-17(35)23(41)28(46)24(42)18(13)36/h30H,2-8H2,1H3,(H,48,49). The molecule has 3 aromatic rings. The zero-order chi connectivity index (χ0) is 38.2. The van der Waals surface area contributed by atoms with Crippen molar-refractivity contribution >= 4 is 34.5 Å². The topological polar surface area (TPSA) is 46.5 Å². The van der Waals surface area contributed by atoms with Gasteiger partial charge in [-0.25, -0.2) is 65.9 Å². The van der Waals surface area contributed by atoms with Crippen LogP contribution in [0.15, 0.2) is 5.09 Å². The number of halogens is 15. The lowest BCUT2D eigenvalue weighted by Gasteiger charge is -2.31. The summed E-state index contributed by atoms with van der Waals surface area (Å²) in [6.45, 7) is 1.23. The SMILES string of the molecule is CCCCCCCCOC1=C(c2c(F)c(F)c(F)c(F)c2F)C(c2c(F)c(F)c(F)c(F)c2F)=C(c2c(F)c(F)c(F)c(F)c2F)C(C(=O)O)S1. The molecule has 3 aromatic carbocycles. The molecule has 51 heavy (non-hydrogen) atoms. The fraction of sp³-hybridized carbons (Fsp3) is 0.281. The van der Waals surface area contributed by atoms with Crippen LogP contribution in [-0.4, -0.2) is 22.9 Å². The smallest absolute Gasteiger partial charge is 0.321 e. The van der Waals surface area contributed by atoms with Gasteiger partial charge in [-0.1, -0.05) is 50.8 Å². The summed E-state index contributed by atoms with van der Waals surface area (Å²) in [5.41, 5.74) is -13.6. The maximum absolute atomic E-state index is 15.6. The van der Waals surface area contributed by atoms with E-state index >= 15 is 26.3 Å². The van der Waals surface area contributed by atoms with Crippen LogP contribution in [0.25, 0.3) is 16.7 Å². The van der Waals surface area contributed by atoms with Crippen LogP contribution in [0.4, 0.5) is 65.9 Å². The molecule has 1 aliphatic rings. The lowest BCUT2D eigenvalue weighted by atomic mass is 9.83. The van der Waals surface area contributed by atoms with Gasteiger partial charge in [0.15, 0.2) is 74.9 Å². The Kier molecular flexibility index (Phi) is 12.0. The fourth-order valence-electron chi connectivity index (χ4n) is 5.15. The molecule has 19 heteroatoms. The van der Waals surface area contributed by atoms with Gasteiger partial charge in [0.1, 0.15) is 5.25 Å². The first-order valence-corrected chi connectivity index (χ1v) is 15.4. The van der Waals surface area contributed by atoms with Gasteiger partial charge in [-0.2, -0.15) is 0 Å². The number of thioether (sulfide) groups is 1. The predicted molar refractivity (Wildman–Crippen MR) is 151 cm³/mol. The average molecular weight is 769 g/mol. The molecule has 1 atom stereocenters.